The van der Waals surface area contributed by atoms with E-state index in [1.54, 1.807) is 6.07 Å². The molecule has 2 heteroatoms. The van der Waals surface area contributed by atoms with E-state index in [1.165, 1.54) is 17.0 Å². The van der Waals surface area contributed by atoms with E-state index in [4.69, 9.17) is 0 Å². The number of aryl methyl sites for hydroxylation is 2. The van der Waals surface area contributed by atoms with E-state index in [2.05, 4.69) is 36.2 Å². The van der Waals surface area contributed by atoms with Crippen LogP contribution in [0, 0.1) is 19.7 Å². The highest BCUT2D eigenvalue weighted by Crippen LogP contribution is 2.27. The van der Waals surface area contributed by atoms with Crippen molar-refractivity contribution < 1.29 is 4.39 Å². The maximum absolute atomic E-state index is 13.1. The molecule has 0 aliphatic heterocycles. The molecule has 90 valence electrons. The summed E-state index contributed by atoms with van der Waals surface area (Å²) >= 11 is 0. The van der Waals surface area contributed by atoms with Crippen LogP contribution in [0.25, 0.3) is 22.2 Å². The van der Waals surface area contributed by atoms with E-state index >= 15 is 0 Å². The van der Waals surface area contributed by atoms with Crippen molar-refractivity contribution in [3.05, 3.63) is 59.4 Å². The predicted molar refractivity (Wildman–Crippen MR) is 73.2 cm³/mol. The lowest BCUT2D eigenvalue weighted by molar-refractivity contribution is 0.627. The molecule has 3 aromatic rings. The molecule has 0 saturated carbocycles. The minimum atomic E-state index is -0.191. The van der Waals surface area contributed by atoms with Gasteiger partial charge in [-0.15, -0.1) is 0 Å². The van der Waals surface area contributed by atoms with Crippen molar-refractivity contribution in [1.82, 2.24) is 4.98 Å². The third-order valence-corrected chi connectivity index (χ3v) is 3.25. The molecule has 0 saturated heterocycles. The zero-order chi connectivity index (χ0) is 12.7. The van der Waals surface area contributed by atoms with Crippen LogP contribution in [0.3, 0.4) is 0 Å². The zero-order valence-corrected chi connectivity index (χ0v) is 10.4. The van der Waals surface area contributed by atoms with Crippen LogP contribution in [0.15, 0.2) is 42.5 Å². The molecule has 0 radical (unpaired) electrons. The Labute approximate surface area is 105 Å². The molecule has 1 heterocycles. The number of nitrogens with one attached hydrogen (secondary N) is 1. The molecule has 18 heavy (non-hydrogen) atoms. The summed E-state index contributed by atoms with van der Waals surface area (Å²) in [5.74, 6) is -0.191. The highest BCUT2D eigenvalue weighted by molar-refractivity contribution is 5.86. The van der Waals surface area contributed by atoms with Crippen LogP contribution < -0.4 is 0 Å². The van der Waals surface area contributed by atoms with E-state index in [0.717, 1.165) is 22.3 Å². The standard InChI is InChI=1S/C16H14FN/c1-10-3-6-15-12(7-10)9-16(18-15)14-5-4-13(17)8-11(14)2/h3-9,18H,1-2H3. The van der Waals surface area contributed by atoms with Gasteiger partial charge in [0, 0.05) is 22.2 Å². The van der Waals surface area contributed by atoms with Crippen molar-refractivity contribution >= 4 is 10.9 Å². The highest BCUT2D eigenvalue weighted by Gasteiger charge is 2.06. The van der Waals surface area contributed by atoms with E-state index in [9.17, 15) is 4.39 Å². The number of benzene rings is 2. The average Bonchev–Trinajstić information content (AvgIpc) is 2.71. The van der Waals surface area contributed by atoms with Gasteiger partial charge in [-0.05, 0) is 55.8 Å². The number of H-pyrrole nitrogens is 1. The van der Waals surface area contributed by atoms with E-state index in [-0.39, 0.29) is 5.82 Å². The molecule has 1 nitrogen and oxygen atoms in total. The van der Waals surface area contributed by atoms with Gasteiger partial charge in [-0.2, -0.15) is 0 Å². The van der Waals surface area contributed by atoms with Crippen LogP contribution in [0.4, 0.5) is 4.39 Å². The molecule has 3 rings (SSSR count). The first-order valence-electron chi connectivity index (χ1n) is 5.99. The fraction of sp³-hybridized carbons (Fsp3) is 0.125. The third-order valence-electron chi connectivity index (χ3n) is 3.25. The Hall–Kier alpha value is -2.09. The SMILES string of the molecule is Cc1ccc2[nH]c(-c3ccc(F)cc3C)cc2c1. The van der Waals surface area contributed by atoms with Crippen LogP contribution in [-0.2, 0) is 0 Å². The van der Waals surface area contributed by atoms with Crippen LogP contribution in [0.2, 0.25) is 0 Å². The minimum Gasteiger partial charge on any atom is -0.355 e. The summed E-state index contributed by atoms with van der Waals surface area (Å²) in [7, 11) is 0. The normalized spacial score (nSPS) is 11.1. The third kappa shape index (κ3) is 1.80. The Kier molecular flexibility index (Phi) is 2.44. The van der Waals surface area contributed by atoms with Crippen molar-refractivity contribution in [1.29, 1.82) is 0 Å². The molecule has 0 atom stereocenters. The van der Waals surface area contributed by atoms with Crippen LogP contribution in [0.1, 0.15) is 11.1 Å². The molecular formula is C16H14FN. The Morgan fingerprint density at radius 1 is 0.944 bits per heavy atom. The second kappa shape index (κ2) is 3.98. The summed E-state index contributed by atoms with van der Waals surface area (Å²) in [4.78, 5) is 3.38. The molecule has 0 fully saturated rings. The van der Waals surface area contributed by atoms with Gasteiger partial charge >= 0.3 is 0 Å². The Bertz CT molecular complexity index is 725. The lowest BCUT2D eigenvalue weighted by Crippen LogP contribution is -1.84. The van der Waals surface area contributed by atoms with Crippen molar-refractivity contribution in [2.24, 2.45) is 0 Å². The lowest BCUT2D eigenvalue weighted by atomic mass is 10.1. The highest BCUT2D eigenvalue weighted by atomic mass is 19.1. The predicted octanol–water partition coefficient (Wildman–Crippen LogP) is 4.59. The molecule has 0 aliphatic rings. The monoisotopic (exact) mass is 239 g/mol. The quantitative estimate of drug-likeness (QED) is 0.639. The second-order valence-electron chi connectivity index (χ2n) is 4.73. The van der Waals surface area contributed by atoms with Crippen molar-refractivity contribution in [3.63, 3.8) is 0 Å². The first-order chi connectivity index (χ1) is 8.63. The Balaban J connectivity index is 2.19. The van der Waals surface area contributed by atoms with Gasteiger partial charge in [-0.3, -0.25) is 0 Å². The number of hydrogen-bond acceptors (Lipinski definition) is 0. The molecular weight excluding hydrogens is 225 g/mol. The number of fused-ring (bicyclic) bond motifs is 1. The molecule has 1 N–H and O–H groups in total. The van der Waals surface area contributed by atoms with Crippen LogP contribution in [-0.4, -0.2) is 4.98 Å². The van der Waals surface area contributed by atoms with Crippen molar-refractivity contribution in [3.8, 4) is 11.3 Å². The molecule has 0 aliphatic carbocycles. The molecule has 0 bridgehead atoms. The summed E-state index contributed by atoms with van der Waals surface area (Å²) in [5.41, 5.74) is 5.37. The van der Waals surface area contributed by atoms with Gasteiger partial charge < -0.3 is 4.98 Å². The van der Waals surface area contributed by atoms with Crippen LogP contribution in [0.5, 0.6) is 0 Å². The summed E-state index contributed by atoms with van der Waals surface area (Å²) in [6, 6.07) is 13.3. The van der Waals surface area contributed by atoms with Gasteiger partial charge in [-0.25, -0.2) is 4.39 Å². The van der Waals surface area contributed by atoms with Gasteiger partial charge in [0.2, 0.25) is 0 Å². The number of aromatic nitrogens is 1. The summed E-state index contributed by atoms with van der Waals surface area (Å²) < 4.78 is 13.1. The van der Waals surface area contributed by atoms with Gasteiger partial charge in [0.25, 0.3) is 0 Å². The second-order valence-corrected chi connectivity index (χ2v) is 4.73. The van der Waals surface area contributed by atoms with E-state index in [1.807, 2.05) is 13.0 Å². The average molecular weight is 239 g/mol. The molecule has 0 amide bonds. The van der Waals surface area contributed by atoms with Crippen molar-refractivity contribution in [2.75, 3.05) is 0 Å². The Morgan fingerprint density at radius 2 is 1.78 bits per heavy atom. The van der Waals surface area contributed by atoms with E-state index in [0.29, 0.717) is 0 Å². The molecule has 0 spiro atoms. The Morgan fingerprint density at radius 3 is 2.56 bits per heavy atom. The molecule has 0 unspecified atom stereocenters. The molecule has 1 aromatic heterocycles. The summed E-state index contributed by atoms with van der Waals surface area (Å²) in [5, 5.41) is 1.19. The summed E-state index contributed by atoms with van der Waals surface area (Å²) in [6.07, 6.45) is 0. The fourth-order valence-electron chi connectivity index (χ4n) is 2.33. The first kappa shape index (κ1) is 11.0. The number of hydrogen-bond donors (Lipinski definition) is 1. The maximum atomic E-state index is 13.1. The number of halogens is 1. The number of aromatic amines is 1. The first-order valence-corrected chi connectivity index (χ1v) is 5.99. The zero-order valence-electron chi connectivity index (χ0n) is 10.4. The molecule has 2 aromatic carbocycles. The van der Waals surface area contributed by atoms with Gasteiger partial charge in [-0.1, -0.05) is 11.6 Å². The smallest absolute Gasteiger partial charge is 0.123 e. The van der Waals surface area contributed by atoms with E-state index < -0.39 is 0 Å². The topological polar surface area (TPSA) is 15.8 Å². The van der Waals surface area contributed by atoms with Crippen LogP contribution >= 0.6 is 0 Å². The maximum Gasteiger partial charge on any atom is 0.123 e. The van der Waals surface area contributed by atoms with Gasteiger partial charge in [0.15, 0.2) is 0 Å². The van der Waals surface area contributed by atoms with Gasteiger partial charge in [0.05, 0.1) is 0 Å². The fourth-order valence-corrected chi connectivity index (χ4v) is 2.33. The van der Waals surface area contributed by atoms with Crippen molar-refractivity contribution in [2.45, 2.75) is 13.8 Å². The number of rotatable bonds is 1. The lowest BCUT2D eigenvalue weighted by Gasteiger charge is -2.02. The summed E-state index contributed by atoms with van der Waals surface area (Å²) in [6.45, 7) is 4.00. The van der Waals surface area contributed by atoms with Gasteiger partial charge in [0.1, 0.15) is 5.82 Å². The largest absolute Gasteiger partial charge is 0.355 e. The minimum absolute atomic E-state index is 0.191.